The third kappa shape index (κ3) is 3.05. The molecule has 6 nitrogen and oxygen atoms in total. The molecule has 7 heteroatoms. The average Bonchev–Trinajstić information content (AvgIpc) is 3.24. The molecule has 1 amide bonds. The van der Waals surface area contributed by atoms with Crippen molar-refractivity contribution in [1.82, 2.24) is 10.1 Å². The fraction of sp³-hybridized carbons (Fsp3) is 0.278. The van der Waals surface area contributed by atoms with Crippen molar-refractivity contribution in [3.8, 4) is 0 Å². The monoisotopic (exact) mass is 340 g/mol. The van der Waals surface area contributed by atoms with E-state index >= 15 is 0 Å². The molecule has 0 atom stereocenters. The third-order valence-electron chi connectivity index (χ3n) is 4.38. The second-order valence-electron chi connectivity index (χ2n) is 6.19. The zero-order chi connectivity index (χ0) is 17.4. The van der Waals surface area contributed by atoms with Gasteiger partial charge in [-0.3, -0.25) is 4.79 Å². The van der Waals surface area contributed by atoms with Crippen molar-refractivity contribution in [2.75, 3.05) is 23.3 Å². The van der Waals surface area contributed by atoms with Gasteiger partial charge in [-0.25, -0.2) is 9.37 Å². The van der Waals surface area contributed by atoms with Gasteiger partial charge in [-0.1, -0.05) is 5.16 Å². The van der Waals surface area contributed by atoms with Crippen molar-refractivity contribution in [3.05, 3.63) is 47.5 Å². The first-order valence-electron chi connectivity index (χ1n) is 8.19. The Morgan fingerprint density at radius 2 is 2.04 bits per heavy atom. The minimum absolute atomic E-state index is 0.354. The van der Waals surface area contributed by atoms with E-state index in [1.54, 1.807) is 19.1 Å². The summed E-state index contributed by atoms with van der Waals surface area (Å²) in [4.78, 5) is 18.7. The van der Waals surface area contributed by atoms with E-state index in [4.69, 9.17) is 4.52 Å². The van der Waals surface area contributed by atoms with Gasteiger partial charge in [0.15, 0.2) is 0 Å². The van der Waals surface area contributed by atoms with E-state index in [-0.39, 0.29) is 11.7 Å². The van der Waals surface area contributed by atoms with E-state index in [9.17, 15) is 9.18 Å². The van der Waals surface area contributed by atoms with Crippen LogP contribution in [0.2, 0.25) is 0 Å². The lowest BCUT2D eigenvalue weighted by Gasteiger charge is -2.18. The van der Waals surface area contributed by atoms with Crippen LogP contribution in [0.4, 0.5) is 15.8 Å². The topological polar surface area (TPSA) is 71.3 Å². The third-order valence-corrected chi connectivity index (χ3v) is 4.38. The smallest absolute Gasteiger partial charge is 0.257 e. The number of rotatable bonds is 3. The first-order valence-corrected chi connectivity index (χ1v) is 8.19. The van der Waals surface area contributed by atoms with Gasteiger partial charge < -0.3 is 14.7 Å². The Morgan fingerprint density at radius 3 is 2.84 bits per heavy atom. The highest BCUT2D eigenvalue weighted by atomic mass is 19.1. The largest absolute Gasteiger partial charge is 0.371 e. The molecule has 1 aromatic carbocycles. The molecule has 3 aromatic rings. The van der Waals surface area contributed by atoms with Gasteiger partial charge in [0.25, 0.3) is 11.6 Å². The summed E-state index contributed by atoms with van der Waals surface area (Å²) in [6.07, 6.45) is 3.62. The van der Waals surface area contributed by atoms with Gasteiger partial charge in [-0.05, 0) is 44.0 Å². The SMILES string of the molecule is Cc1noc2ncc(C(=O)Nc3cc(F)cc(N4CCCC4)c3)cc12. The van der Waals surface area contributed by atoms with Crippen LogP contribution in [-0.2, 0) is 0 Å². The fourth-order valence-electron chi connectivity index (χ4n) is 3.08. The minimum atomic E-state index is -0.372. The number of carbonyl (C=O) groups excluding carboxylic acids is 1. The molecule has 3 heterocycles. The highest BCUT2D eigenvalue weighted by molar-refractivity contribution is 6.05. The first-order chi connectivity index (χ1) is 12.1. The van der Waals surface area contributed by atoms with E-state index in [1.165, 1.54) is 18.3 Å². The van der Waals surface area contributed by atoms with Gasteiger partial charge in [0.05, 0.1) is 16.6 Å². The molecule has 25 heavy (non-hydrogen) atoms. The molecule has 0 aliphatic carbocycles. The van der Waals surface area contributed by atoms with Gasteiger partial charge in [0.1, 0.15) is 5.82 Å². The Bertz CT molecular complexity index is 947. The van der Waals surface area contributed by atoms with E-state index < -0.39 is 0 Å². The van der Waals surface area contributed by atoms with Crippen molar-refractivity contribution in [2.24, 2.45) is 0 Å². The summed E-state index contributed by atoms with van der Waals surface area (Å²) in [7, 11) is 0. The number of fused-ring (bicyclic) bond motifs is 1. The van der Waals surface area contributed by atoms with Gasteiger partial charge >= 0.3 is 0 Å². The van der Waals surface area contributed by atoms with Gasteiger partial charge in [-0.15, -0.1) is 0 Å². The van der Waals surface area contributed by atoms with Crippen LogP contribution in [0.15, 0.2) is 35.0 Å². The fourth-order valence-corrected chi connectivity index (χ4v) is 3.08. The predicted molar refractivity (Wildman–Crippen MR) is 92.3 cm³/mol. The minimum Gasteiger partial charge on any atom is -0.371 e. The number of anilines is 2. The summed E-state index contributed by atoms with van der Waals surface area (Å²) in [5, 5.41) is 7.25. The number of nitrogens with one attached hydrogen (secondary N) is 1. The quantitative estimate of drug-likeness (QED) is 0.790. The van der Waals surface area contributed by atoms with Crippen LogP contribution < -0.4 is 10.2 Å². The maximum absolute atomic E-state index is 13.9. The highest BCUT2D eigenvalue weighted by Crippen LogP contribution is 2.26. The highest BCUT2D eigenvalue weighted by Gasteiger charge is 2.16. The lowest BCUT2D eigenvalue weighted by molar-refractivity contribution is 0.102. The van der Waals surface area contributed by atoms with Crippen LogP contribution in [0.1, 0.15) is 28.9 Å². The van der Waals surface area contributed by atoms with E-state index in [0.29, 0.717) is 28.0 Å². The number of amides is 1. The van der Waals surface area contributed by atoms with Gasteiger partial charge in [0.2, 0.25) is 0 Å². The van der Waals surface area contributed by atoms with Crippen LogP contribution in [0.25, 0.3) is 11.1 Å². The van der Waals surface area contributed by atoms with E-state index in [1.807, 2.05) is 0 Å². The number of aromatic nitrogens is 2. The number of nitrogens with zero attached hydrogens (tertiary/aromatic N) is 3. The molecule has 0 radical (unpaired) electrons. The maximum atomic E-state index is 13.9. The van der Waals surface area contributed by atoms with Crippen molar-refractivity contribution in [1.29, 1.82) is 0 Å². The Morgan fingerprint density at radius 1 is 1.24 bits per heavy atom. The van der Waals surface area contributed by atoms with Crippen molar-refractivity contribution >= 4 is 28.4 Å². The molecular weight excluding hydrogens is 323 g/mol. The van der Waals surface area contributed by atoms with Crippen LogP contribution in [0, 0.1) is 12.7 Å². The lowest BCUT2D eigenvalue weighted by atomic mass is 10.2. The molecule has 0 spiro atoms. The number of halogens is 1. The Kier molecular flexibility index (Phi) is 3.83. The molecule has 4 rings (SSSR count). The molecule has 1 saturated heterocycles. The number of hydrogen-bond acceptors (Lipinski definition) is 5. The van der Waals surface area contributed by atoms with Gasteiger partial charge in [0, 0.05) is 30.7 Å². The number of hydrogen-bond donors (Lipinski definition) is 1. The molecule has 0 unspecified atom stereocenters. The number of aryl methyl sites for hydroxylation is 1. The summed E-state index contributed by atoms with van der Waals surface area (Å²) in [5.74, 6) is -0.726. The second kappa shape index (κ2) is 6.16. The van der Waals surface area contributed by atoms with Crippen molar-refractivity contribution in [2.45, 2.75) is 19.8 Å². The maximum Gasteiger partial charge on any atom is 0.257 e. The number of carbonyl (C=O) groups is 1. The molecule has 0 bridgehead atoms. The zero-order valence-corrected chi connectivity index (χ0v) is 13.8. The molecule has 1 aliphatic heterocycles. The summed E-state index contributed by atoms with van der Waals surface area (Å²) in [6, 6.07) is 6.27. The molecule has 0 saturated carbocycles. The average molecular weight is 340 g/mol. The molecule has 128 valence electrons. The first kappa shape index (κ1) is 15.6. The Balaban J connectivity index is 1.59. The van der Waals surface area contributed by atoms with Crippen LogP contribution in [0.3, 0.4) is 0 Å². The zero-order valence-electron chi connectivity index (χ0n) is 13.8. The molecule has 1 fully saturated rings. The van der Waals surface area contributed by atoms with Crippen LogP contribution >= 0.6 is 0 Å². The Labute approximate surface area is 143 Å². The molecule has 1 aliphatic rings. The standard InChI is InChI=1S/C18H17FN4O2/c1-11-16-6-12(10-20-18(16)25-22-11)17(24)21-14-7-13(19)8-15(9-14)23-4-2-3-5-23/h6-10H,2-5H2,1H3,(H,21,24). The van der Waals surface area contributed by atoms with E-state index in [2.05, 4.69) is 20.4 Å². The van der Waals surface area contributed by atoms with Crippen LogP contribution in [0.5, 0.6) is 0 Å². The number of pyridine rings is 1. The predicted octanol–water partition coefficient (Wildman–Crippen LogP) is 3.52. The van der Waals surface area contributed by atoms with Crippen molar-refractivity contribution < 1.29 is 13.7 Å². The van der Waals surface area contributed by atoms with Gasteiger partial charge in [-0.2, -0.15) is 0 Å². The van der Waals surface area contributed by atoms with Crippen LogP contribution in [-0.4, -0.2) is 29.1 Å². The molecule has 1 N–H and O–H groups in total. The normalized spacial score (nSPS) is 14.2. The second-order valence-corrected chi connectivity index (χ2v) is 6.19. The summed E-state index contributed by atoms with van der Waals surface area (Å²) in [5.41, 5.74) is 2.63. The summed E-state index contributed by atoms with van der Waals surface area (Å²) >= 11 is 0. The summed E-state index contributed by atoms with van der Waals surface area (Å²) < 4.78 is 19.0. The lowest BCUT2D eigenvalue weighted by Crippen LogP contribution is -2.18. The van der Waals surface area contributed by atoms with Crippen molar-refractivity contribution in [3.63, 3.8) is 0 Å². The molecular formula is C18H17FN4O2. The Hall–Kier alpha value is -2.96. The summed E-state index contributed by atoms with van der Waals surface area (Å²) in [6.45, 7) is 3.60. The molecule has 2 aromatic heterocycles. The number of benzene rings is 1. The van der Waals surface area contributed by atoms with E-state index in [0.717, 1.165) is 31.6 Å².